The Bertz CT molecular complexity index is 691. The zero-order valence-corrected chi connectivity index (χ0v) is 15.1. The van der Waals surface area contributed by atoms with E-state index in [2.05, 4.69) is 43.2 Å². The first-order valence-electron chi connectivity index (χ1n) is 7.76. The van der Waals surface area contributed by atoms with E-state index in [1.54, 1.807) is 0 Å². The van der Waals surface area contributed by atoms with E-state index in [-0.39, 0.29) is 11.5 Å². The van der Waals surface area contributed by atoms with Crippen LogP contribution in [-0.2, 0) is 27.4 Å². The first kappa shape index (κ1) is 16.8. The first-order valence-corrected chi connectivity index (χ1v) is 10.4. The van der Waals surface area contributed by atoms with Crippen molar-refractivity contribution < 1.29 is 9.05 Å². The Labute approximate surface area is 143 Å². The molecule has 2 atom stereocenters. The summed E-state index contributed by atoms with van der Waals surface area (Å²) in [5.41, 5.74) is 2.21. The summed E-state index contributed by atoms with van der Waals surface area (Å²) in [5.74, 6) is 0. The molecule has 0 saturated carbocycles. The number of rotatable bonds is 4. The van der Waals surface area contributed by atoms with Gasteiger partial charge in [-0.05, 0) is 22.9 Å². The van der Waals surface area contributed by atoms with Crippen LogP contribution < -0.4 is 5.09 Å². The third-order valence-corrected chi connectivity index (χ3v) is 6.45. The summed E-state index contributed by atoms with van der Waals surface area (Å²) in [5, 5.41) is 3.33. The lowest BCUT2D eigenvalue weighted by atomic mass is 9.83. The predicted molar refractivity (Wildman–Crippen MR) is 97.6 cm³/mol. The van der Waals surface area contributed by atoms with Gasteiger partial charge in [-0.25, -0.2) is 5.09 Å². The van der Waals surface area contributed by atoms with Crippen molar-refractivity contribution in [3.63, 3.8) is 0 Å². The average molecular weight is 347 g/mol. The van der Waals surface area contributed by atoms with Crippen molar-refractivity contribution in [1.82, 2.24) is 5.09 Å². The maximum atomic E-state index is 6.29. The molecule has 1 aliphatic rings. The fraction of sp³-hybridized carbons (Fsp3) is 0.333. The van der Waals surface area contributed by atoms with Crippen molar-refractivity contribution in [2.24, 2.45) is 5.41 Å². The Morgan fingerprint density at radius 1 is 1.09 bits per heavy atom. The first-order chi connectivity index (χ1) is 11.0. The summed E-state index contributed by atoms with van der Waals surface area (Å²) in [7, 11) is 0. The maximum Gasteiger partial charge on any atom is 0.262 e. The molecule has 1 saturated heterocycles. The molecule has 2 aromatic rings. The van der Waals surface area contributed by atoms with Gasteiger partial charge in [-0.1, -0.05) is 74.5 Å². The monoisotopic (exact) mass is 347 g/mol. The van der Waals surface area contributed by atoms with E-state index in [1.165, 1.54) is 5.56 Å². The van der Waals surface area contributed by atoms with Gasteiger partial charge in [0.25, 0.3) is 6.64 Å². The smallest absolute Gasteiger partial charge is 0.262 e. The van der Waals surface area contributed by atoms with Gasteiger partial charge in [0.05, 0.1) is 12.7 Å². The van der Waals surface area contributed by atoms with Crippen LogP contribution in [0.25, 0.3) is 0 Å². The Hall–Kier alpha value is -1.03. The molecule has 3 rings (SSSR count). The summed E-state index contributed by atoms with van der Waals surface area (Å²) >= 11 is 5.69. The Morgan fingerprint density at radius 2 is 1.70 bits per heavy atom. The molecule has 3 nitrogen and oxygen atoms in total. The van der Waals surface area contributed by atoms with Crippen molar-refractivity contribution in [3.05, 3.63) is 71.8 Å². The second kappa shape index (κ2) is 6.84. The van der Waals surface area contributed by atoms with Crippen LogP contribution >= 0.6 is 6.64 Å². The standard InChI is InChI=1S/C18H22NO2PS/c1-18(2)14-20-22(23,19-13-15-9-5-3-6-10-15)21-17(18)16-11-7-4-8-12-16/h3-12,17H,13-14H2,1-2H3,(H,19,23)/t17-,22-/m1/s1. The normalized spacial score (nSPS) is 26.8. The molecule has 1 N–H and O–H groups in total. The highest BCUT2D eigenvalue weighted by molar-refractivity contribution is 8.09. The number of hydrogen-bond donors (Lipinski definition) is 1. The van der Waals surface area contributed by atoms with Gasteiger partial charge < -0.3 is 9.05 Å². The predicted octanol–water partition coefficient (Wildman–Crippen LogP) is 4.82. The molecule has 0 aliphatic carbocycles. The molecule has 1 heterocycles. The molecule has 0 spiro atoms. The van der Waals surface area contributed by atoms with E-state index in [4.69, 9.17) is 20.9 Å². The van der Waals surface area contributed by atoms with Crippen LogP contribution in [0.4, 0.5) is 0 Å². The van der Waals surface area contributed by atoms with Crippen LogP contribution in [0, 0.1) is 5.41 Å². The van der Waals surface area contributed by atoms with E-state index in [0.717, 1.165) is 5.56 Å². The SMILES string of the molecule is CC1(C)CO[P@](=S)(NCc2ccccc2)O[C@@H]1c1ccccc1. The lowest BCUT2D eigenvalue weighted by Gasteiger charge is -2.43. The van der Waals surface area contributed by atoms with Gasteiger partial charge in [0.2, 0.25) is 0 Å². The molecule has 0 amide bonds. The van der Waals surface area contributed by atoms with E-state index in [1.807, 2.05) is 36.4 Å². The van der Waals surface area contributed by atoms with Crippen LogP contribution in [0.5, 0.6) is 0 Å². The summed E-state index contributed by atoms with van der Waals surface area (Å²) in [6.45, 7) is 3.05. The lowest BCUT2D eigenvalue weighted by Crippen LogP contribution is -2.35. The van der Waals surface area contributed by atoms with Gasteiger partial charge in [-0.2, -0.15) is 0 Å². The topological polar surface area (TPSA) is 30.5 Å². The molecule has 0 bridgehead atoms. The van der Waals surface area contributed by atoms with E-state index < -0.39 is 6.64 Å². The molecule has 1 fully saturated rings. The van der Waals surface area contributed by atoms with Gasteiger partial charge >= 0.3 is 0 Å². The van der Waals surface area contributed by atoms with Crippen LogP contribution in [0.15, 0.2) is 60.7 Å². The molecule has 5 heteroatoms. The lowest BCUT2D eigenvalue weighted by molar-refractivity contribution is -0.0151. The van der Waals surface area contributed by atoms with Gasteiger partial charge in [0.15, 0.2) is 0 Å². The number of hydrogen-bond acceptors (Lipinski definition) is 3. The zero-order chi connectivity index (χ0) is 16.3. The van der Waals surface area contributed by atoms with Crippen LogP contribution in [0.2, 0.25) is 0 Å². The minimum Gasteiger partial charge on any atom is -0.317 e. The minimum atomic E-state index is -2.50. The molecule has 1 aliphatic heterocycles. The minimum absolute atomic E-state index is 0.0634. The van der Waals surface area contributed by atoms with Crippen LogP contribution in [0.3, 0.4) is 0 Å². The molecular formula is C18H22NO2PS. The summed E-state index contributed by atoms with van der Waals surface area (Å²) in [6.07, 6.45) is -0.0634. The highest BCUT2D eigenvalue weighted by atomic mass is 32.5. The van der Waals surface area contributed by atoms with Crippen molar-refractivity contribution in [2.75, 3.05) is 6.61 Å². The zero-order valence-electron chi connectivity index (χ0n) is 13.4. The molecule has 0 aromatic heterocycles. The molecular weight excluding hydrogens is 325 g/mol. The second-order valence-corrected chi connectivity index (χ2v) is 9.70. The van der Waals surface area contributed by atoms with E-state index in [9.17, 15) is 0 Å². The fourth-order valence-electron chi connectivity index (χ4n) is 2.65. The van der Waals surface area contributed by atoms with Gasteiger partial charge in [-0.3, -0.25) is 0 Å². The summed E-state index contributed by atoms with van der Waals surface area (Å²) in [6, 6.07) is 20.4. The van der Waals surface area contributed by atoms with Gasteiger partial charge in [0, 0.05) is 12.0 Å². The molecule has 23 heavy (non-hydrogen) atoms. The quantitative estimate of drug-likeness (QED) is 0.804. The largest absolute Gasteiger partial charge is 0.317 e. The van der Waals surface area contributed by atoms with E-state index in [0.29, 0.717) is 13.2 Å². The van der Waals surface area contributed by atoms with E-state index >= 15 is 0 Å². The molecule has 2 aromatic carbocycles. The highest BCUT2D eigenvalue weighted by Crippen LogP contribution is 2.58. The molecule has 0 unspecified atom stereocenters. The fourth-order valence-corrected chi connectivity index (χ4v) is 5.05. The average Bonchev–Trinajstić information content (AvgIpc) is 2.58. The summed E-state index contributed by atoms with van der Waals surface area (Å²) < 4.78 is 12.2. The molecule has 0 radical (unpaired) electrons. The van der Waals surface area contributed by atoms with Gasteiger partial charge in [-0.15, -0.1) is 0 Å². The van der Waals surface area contributed by atoms with Crippen molar-refractivity contribution >= 4 is 18.4 Å². The highest BCUT2D eigenvalue weighted by Gasteiger charge is 2.42. The van der Waals surface area contributed by atoms with Gasteiger partial charge in [0.1, 0.15) is 0 Å². The number of nitrogens with one attached hydrogen (secondary N) is 1. The number of benzene rings is 2. The van der Waals surface area contributed by atoms with Crippen LogP contribution in [0.1, 0.15) is 31.1 Å². The Balaban J connectivity index is 1.75. The maximum absolute atomic E-state index is 6.29. The Kier molecular flexibility index (Phi) is 5.00. The Morgan fingerprint density at radius 3 is 2.35 bits per heavy atom. The van der Waals surface area contributed by atoms with Crippen molar-refractivity contribution in [2.45, 2.75) is 26.5 Å². The van der Waals surface area contributed by atoms with Crippen molar-refractivity contribution in [1.29, 1.82) is 0 Å². The molecule has 122 valence electrons. The summed E-state index contributed by atoms with van der Waals surface area (Å²) in [4.78, 5) is 0. The van der Waals surface area contributed by atoms with Crippen molar-refractivity contribution in [3.8, 4) is 0 Å². The van der Waals surface area contributed by atoms with Crippen LogP contribution in [-0.4, -0.2) is 6.61 Å². The second-order valence-electron chi connectivity index (χ2n) is 6.48. The third-order valence-electron chi connectivity index (χ3n) is 3.98. The third kappa shape index (κ3) is 4.09.